The van der Waals surface area contributed by atoms with Crippen molar-refractivity contribution in [1.82, 2.24) is 0 Å². The molecule has 0 fully saturated rings. The normalized spacial score (nSPS) is 11.1. The summed E-state index contributed by atoms with van der Waals surface area (Å²) >= 11 is 0. The van der Waals surface area contributed by atoms with Crippen LogP contribution in [0.4, 0.5) is 5.69 Å². The Morgan fingerprint density at radius 1 is 0.583 bits per heavy atom. The molecule has 208 valence electrons. The van der Waals surface area contributed by atoms with Gasteiger partial charge in [-0.1, -0.05) is 46.0 Å². The first-order valence-electron chi connectivity index (χ1n) is 13.7. The van der Waals surface area contributed by atoms with E-state index in [9.17, 15) is 4.79 Å². The van der Waals surface area contributed by atoms with Gasteiger partial charge in [-0.3, -0.25) is 0 Å². The molecule has 0 unspecified atom stereocenters. The summed E-state index contributed by atoms with van der Waals surface area (Å²) in [5, 5.41) is 3.32. The lowest BCUT2D eigenvalue weighted by molar-refractivity contribution is -0.0153. The molecule has 0 atom stereocenters. The highest BCUT2D eigenvalue weighted by molar-refractivity contribution is 5.89. The van der Waals surface area contributed by atoms with Crippen LogP contribution in [0.2, 0.25) is 0 Å². The van der Waals surface area contributed by atoms with Gasteiger partial charge in [0, 0.05) is 18.8 Å². The highest BCUT2D eigenvalue weighted by Crippen LogP contribution is 2.11. The van der Waals surface area contributed by atoms with Gasteiger partial charge in [-0.15, -0.1) is 0 Å². The second kappa shape index (κ2) is 25.0. The second-order valence-electron chi connectivity index (χ2n) is 8.47. The smallest absolute Gasteiger partial charge is 0.338 e. The van der Waals surface area contributed by atoms with E-state index in [0.717, 1.165) is 38.1 Å². The van der Waals surface area contributed by atoms with Crippen LogP contribution in [0.1, 0.15) is 69.2 Å². The number of unbranched alkanes of at least 4 members (excludes halogenated alkanes) is 5. The van der Waals surface area contributed by atoms with Crippen LogP contribution in [0, 0.1) is 0 Å². The van der Waals surface area contributed by atoms with Gasteiger partial charge in [0.05, 0.1) is 65.0 Å². The number of anilines is 1. The standard InChI is InChI=1S/C28H49NO7/c1-3-5-7-8-9-15-31-16-17-32-18-19-33-20-21-34-22-23-35-24-25-36-28(30)26-10-12-27(13-11-26)29-14-6-4-2/h10-13,29H,3-9,14-25H2,1-2H3. The topological polar surface area (TPSA) is 84.5 Å². The van der Waals surface area contributed by atoms with Crippen molar-refractivity contribution in [1.29, 1.82) is 0 Å². The summed E-state index contributed by atoms with van der Waals surface area (Å²) in [4.78, 5) is 12.1. The zero-order chi connectivity index (χ0) is 25.9. The van der Waals surface area contributed by atoms with Crippen molar-refractivity contribution >= 4 is 11.7 Å². The van der Waals surface area contributed by atoms with Crippen LogP contribution in [0.15, 0.2) is 24.3 Å². The maximum absolute atomic E-state index is 12.1. The molecule has 1 N–H and O–H groups in total. The third kappa shape index (κ3) is 19.5. The Balaban J connectivity index is 1.80. The highest BCUT2D eigenvalue weighted by atomic mass is 16.6. The van der Waals surface area contributed by atoms with Gasteiger partial charge in [0.25, 0.3) is 0 Å². The molecule has 0 aliphatic carbocycles. The molecule has 0 aromatic heterocycles. The van der Waals surface area contributed by atoms with Gasteiger partial charge in [0.1, 0.15) is 6.61 Å². The van der Waals surface area contributed by atoms with E-state index in [-0.39, 0.29) is 12.6 Å². The molecule has 0 bridgehead atoms. The van der Waals surface area contributed by atoms with Crippen LogP contribution in [-0.2, 0) is 28.4 Å². The maximum Gasteiger partial charge on any atom is 0.338 e. The molecule has 1 rings (SSSR count). The van der Waals surface area contributed by atoms with Crippen molar-refractivity contribution in [2.45, 2.75) is 58.8 Å². The van der Waals surface area contributed by atoms with Crippen LogP contribution >= 0.6 is 0 Å². The molecule has 0 aliphatic rings. The maximum atomic E-state index is 12.1. The summed E-state index contributed by atoms with van der Waals surface area (Å²) in [6.07, 6.45) is 8.53. The molecule has 1 aromatic carbocycles. The Morgan fingerprint density at radius 2 is 1.06 bits per heavy atom. The number of nitrogens with one attached hydrogen (secondary N) is 1. The number of carbonyl (C=O) groups is 1. The SMILES string of the molecule is CCCCCCCOCCOCCOCCOCCOCCOC(=O)c1ccc(NCCCC)cc1. The third-order valence-corrected chi connectivity index (χ3v) is 5.32. The van der Waals surface area contributed by atoms with E-state index in [4.69, 9.17) is 28.4 Å². The molecule has 0 heterocycles. The minimum Gasteiger partial charge on any atom is -0.460 e. The first-order chi connectivity index (χ1) is 17.8. The molecule has 0 amide bonds. The fourth-order valence-electron chi connectivity index (χ4n) is 3.20. The molecule has 0 spiro atoms. The Hall–Kier alpha value is -1.71. The van der Waals surface area contributed by atoms with E-state index < -0.39 is 0 Å². The molecule has 0 radical (unpaired) electrons. The van der Waals surface area contributed by atoms with E-state index >= 15 is 0 Å². The van der Waals surface area contributed by atoms with Crippen molar-refractivity contribution < 1.29 is 33.2 Å². The number of hydrogen-bond acceptors (Lipinski definition) is 8. The van der Waals surface area contributed by atoms with Crippen molar-refractivity contribution in [3.63, 3.8) is 0 Å². The van der Waals surface area contributed by atoms with Crippen molar-refractivity contribution in [2.75, 3.05) is 84.5 Å². The molecular weight excluding hydrogens is 462 g/mol. The predicted octanol–water partition coefficient (Wildman–Crippen LogP) is 5.11. The Morgan fingerprint density at radius 3 is 1.58 bits per heavy atom. The Labute approximate surface area is 218 Å². The van der Waals surface area contributed by atoms with Crippen LogP contribution in [-0.4, -0.2) is 85.2 Å². The molecular formula is C28H49NO7. The first kappa shape index (κ1) is 32.3. The Bertz CT molecular complexity index is 612. The second-order valence-corrected chi connectivity index (χ2v) is 8.47. The average molecular weight is 512 g/mol. The van der Waals surface area contributed by atoms with Gasteiger partial charge in [0.15, 0.2) is 0 Å². The van der Waals surface area contributed by atoms with Gasteiger partial charge in [-0.05, 0) is 37.1 Å². The van der Waals surface area contributed by atoms with E-state index in [1.54, 1.807) is 12.1 Å². The van der Waals surface area contributed by atoms with E-state index in [0.29, 0.717) is 65.0 Å². The average Bonchev–Trinajstić information content (AvgIpc) is 2.90. The van der Waals surface area contributed by atoms with Crippen LogP contribution in [0.3, 0.4) is 0 Å². The van der Waals surface area contributed by atoms with Crippen molar-refractivity contribution in [3.8, 4) is 0 Å². The molecule has 0 saturated carbocycles. The lowest BCUT2D eigenvalue weighted by Crippen LogP contribution is -2.15. The lowest BCUT2D eigenvalue weighted by atomic mass is 10.2. The fourth-order valence-corrected chi connectivity index (χ4v) is 3.20. The van der Waals surface area contributed by atoms with E-state index in [1.165, 1.54) is 25.7 Å². The largest absolute Gasteiger partial charge is 0.460 e. The number of esters is 1. The van der Waals surface area contributed by atoms with Crippen molar-refractivity contribution in [3.05, 3.63) is 29.8 Å². The van der Waals surface area contributed by atoms with Gasteiger partial charge < -0.3 is 33.7 Å². The summed E-state index contributed by atoms with van der Waals surface area (Å²) in [6, 6.07) is 7.32. The molecule has 8 heteroatoms. The number of rotatable bonds is 26. The summed E-state index contributed by atoms with van der Waals surface area (Å²) < 4.78 is 32.6. The van der Waals surface area contributed by atoms with Crippen LogP contribution in [0.25, 0.3) is 0 Å². The molecule has 0 aliphatic heterocycles. The van der Waals surface area contributed by atoms with Crippen molar-refractivity contribution in [2.24, 2.45) is 0 Å². The first-order valence-corrected chi connectivity index (χ1v) is 13.7. The van der Waals surface area contributed by atoms with Crippen LogP contribution in [0.5, 0.6) is 0 Å². The zero-order valence-corrected chi connectivity index (χ0v) is 22.6. The molecule has 8 nitrogen and oxygen atoms in total. The van der Waals surface area contributed by atoms with Gasteiger partial charge in [-0.2, -0.15) is 0 Å². The highest BCUT2D eigenvalue weighted by Gasteiger charge is 2.06. The minimum atomic E-state index is -0.346. The number of benzene rings is 1. The summed E-state index contributed by atoms with van der Waals surface area (Å²) in [6.45, 7) is 10.9. The van der Waals surface area contributed by atoms with Gasteiger partial charge in [-0.25, -0.2) is 4.79 Å². The quantitative estimate of drug-likeness (QED) is 0.136. The Kier molecular flexibility index (Phi) is 22.4. The minimum absolute atomic E-state index is 0.211. The monoisotopic (exact) mass is 511 g/mol. The fraction of sp³-hybridized carbons (Fsp3) is 0.750. The van der Waals surface area contributed by atoms with Crippen LogP contribution < -0.4 is 5.32 Å². The van der Waals surface area contributed by atoms with E-state index in [2.05, 4.69) is 19.2 Å². The van der Waals surface area contributed by atoms with Gasteiger partial charge in [0.2, 0.25) is 0 Å². The summed E-state index contributed by atoms with van der Waals surface area (Å²) in [5.41, 5.74) is 1.54. The summed E-state index contributed by atoms with van der Waals surface area (Å²) in [5.74, 6) is -0.346. The molecule has 1 aromatic rings. The number of carbonyl (C=O) groups excluding carboxylic acids is 1. The lowest BCUT2D eigenvalue weighted by Gasteiger charge is -2.09. The third-order valence-electron chi connectivity index (χ3n) is 5.32. The van der Waals surface area contributed by atoms with Gasteiger partial charge >= 0.3 is 5.97 Å². The number of ether oxygens (including phenoxy) is 6. The summed E-state index contributed by atoms with van der Waals surface area (Å²) in [7, 11) is 0. The zero-order valence-electron chi connectivity index (χ0n) is 22.6. The van der Waals surface area contributed by atoms with E-state index in [1.807, 2.05) is 12.1 Å². The molecule has 0 saturated heterocycles. The molecule has 36 heavy (non-hydrogen) atoms. The number of hydrogen-bond donors (Lipinski definition) is 1. The predicted molar refractivity (Wildman–Crippen MR) is 143 cm³/mol.